The first kappa shape index (κ1) is 13.8. The Bertz CT molecular complexity index is 507. The normalized spacial score (nSPS) is 12.6. The average Bonchev–Trinajstić information content (AvgIpc) is 2.88. The topological polar surface area (TPSA) is 25.2 Å². The molecule has 3 heteroatoms. The van der Waals surface area contributed by atoms with Crippen LogP contribution in [0.4, 0.5) is 4.39 Å². The number of benzene rings is 1. The van der Waals surface area contributed by atoms with E-state index in [2.05, 4.69) is 12.2 Å². The lowest BCUT2D eigenvalue weighted by Crippen LogP contribution is -2.26. The molecule has 1 heterocycles. The number of rotatable bonds is 6. The molecule has 0 bridgehead atoms. The molecule has 1 N–H and O–H groups in total. The Morgan fingerprint density at radius 2 is 2.16 bits per heavy atom. The minimum Gasteiger partial charge on any atom is -0.469 e. The van der Waals surface area contributed by atoms with Crippen molar-refractivity contribution in [1.29, 1.82) is 0 Å². The summed E-state index contributed by atoms with van der Waals surface area (Å²) in [6.07, 6.45) is 3.66. The van der Waals surface area contributed by atoms with Gasteiger partial charge in [0.25, 0.3) is 0 Å². The summed E-state index contributed by atoms with van der Waals surface area (Å²) in [4.78, 5) is 0. The molecule has 0 saturated heterocycles. The van der Waals surface area contributed by atoms with Crippen LogP contribution in [0.25, 0.3) is 0 Å². The zero-order valence-corrected chi connectivity index (χ0v) is 11.4. The Morgan fingerprint density at radius 1 is 1.32 bits per heavy atom. The molecule has 0 aliphatic carbocycles. The third kappa shape index (κ3) is 4.21. The van der Waals surface area contributed by atoms with Gasteiger partial charge in [-0.05, 0) is 55.7 Å². The summed E-state index contributed by atoms with van der Waals surface area (Å²) in [5.41, 5.74) is 2.14. The molecule has 1 atom stereocenters. The van der Waals surface area contributed by atoms with Gasteiger partial charge in [-0.1, -0.05) is 6.07 Å². The van der Waals surface area contributed by atoms with E-state index in [1.165, 1.54) is 6.07 Å². The molecule has 1 aromatic carbocycles. The second-order valence-electron chi connectivity index (χ2n) is 4.97. The number of nitrogens with one attached hydrogen (secondary N) is 1. The van der Waals surface area contributed by atoms with Crippen LogP contribution in [0.1, 0.15) is 30.2 Å². The summed E-state index contributed by atoms with van der Waals surface area (Å²) in [5, 5.41) is 3.46. The van der Waals surface area contributed by atoms with Crippen molar-refractivity contribution in [3.05, 3.63) is 59.3 Å². The Kier molecular flexibility index (Phi) is 4.74. The van der Waals surface area contributed by atoms with Gasteiger partial charge in [0.15, 0.2) is 0 Å². The lowest BCUT2D eigenvalue weighted by molar-refractivity contribution is 0.459. The van der Waals surface area contributed by atoms with Crippen LogP contribution >= 0.6 is 0 Å². The molecule has 1 unspecified atom stereocenters. The van der Waals surface area contributed by atoms with Gasteiger partial charge in [0, 0.05) is 19.0 Å². The van der Waals surface area contributed by atoms with Crippen molar-refractivity contribution in [3.8, 4) is 0 Å². The van der Waals surface area contributed by atoms with Crippen molar-refractivity contribution >= 4 is 0 Å². The van der Waals surface area contributed by atoms with Crippen molar-refractivity contribution in [3.63, 3.8) is 0 Å². The summed E-state index contributed by atoms with van der Waals surface area (Å²) in [5.74, 6) is 0.846. The molecule has 2 rings (SSSR count). The van der Waals surface area contributed by atoms with Crippen molar-refractivity contribution in [2.75, 3.05) is 0 Å². The Morgan fingerprint density at radius 3 is 2.84 bits per heavy atom. The zero-order chi connectivity index (χ0) is 13.7. The molecule has 0 saturated carbocycles. The molecule has 19 heavy (non-hydrogen) atoms. The van der Waals surface area contributed by atoms with Gasteiger partial charge in [-0.2, -0.15) is 0 Å². The molecule has 0 spiro atoms. The van der Waals surface area contributed by atoms with Gasteiger partial charge in [0.1, 0.15) is 11.6 Å². The predicted octanol–water partition coefficient (Wildman–Crippen LogP) is 3.84. The van der Waals surface area contributed by atoms with E-state index in [1.807, 2.05) is 25.1 Å². The Labute approximate surface area is 113 Å². The van der Waals surface area contributed by atoms with Crippen LogP contribution < -0.4 is 5.32 Å². The second-order valence-corrected chi connectivity index (χ2v) is 4.97. The van der Waals surface area contributed by atoms with Gasteiger partial charge in [-0.25, -0.2) is 4.39 Å². The number of halogens is 1. The van der Waals surface area contributed by atoms with Crippen LogP contribution in [0.3, 0.4) is 0 Å². The molecule has 0 radical (unpaired) electrons. The van der Waals surface area contributed by atoms with Crippen molar-refractivity contribution in [2.24, 2.45) is 0 Å². The predicted molar refractivity (Wildman–Crippen MR) is 74.5 cm³/mol. The molecule has 1 aromatic heterocycles. The molecular weight excluding hydrogens is 241 g/mol. The molecular formula is C16H20FNO. The highest BCUT2D eigenvalue weighted by Gasteiger charge is 2.05. The zero-order valence-electron chi connectivity index (χ0n) is 11.4. The lowest BCUT2D eigenvalue weighted by atomic mass is 10.1. The maximum absolute atomic E-state index is 13.0. The number of hydrogen-bond donors (Lipinski definition) is 1. The fraction of sp³-hybridized carbons (Fsp3) is 0.375. The van der Waals surface area contributed by atoms with Crippen LogP contribution in [0.15, 0.2) is 41.0 Å². The quantitative estimate of drug-likeness (QED) is 0.854. The van der Waals surface area contributed by atoms with Gasteiger partial charge < -0.3 is 9.73 Å². The van der Waals surface area contributed by atoms with E-state index in [9.17, 15) is 4.39 Å². The van der Waals surface area contributed by atoms with Crippen LogP contribution in [-0.2, 0) is 13.0 Å². The second kappa shape index (κ2) is 6.53. The Hall–Kier alpha value is -1.61. The standard InChI is InChI=1S/C16H20FNO/c1-12-10-15(17)7-6-14(12)11-18-13(2)5-8-16-4-3-9-19-16/h3-4,6-7,9-10,13,18H,5,8,11H2,1-2H3. The minimum absolute atomic E-state index is 0.174. The molecule has 102 valence electrons. The van der Waals surface area contributed by atoms with E-state index < -0.39 is 0 Å². The van der Waals surface area contributed by atoms with Gasteiger partial charge in [-0.15, -0.1) is 0 Å². The summed E-state index contributed by atoms with van der Waals surface area (Å²) in [6.45, 7) is 4.86. The molecule has 2 nitrogen and oxygen atoms in total. The SMILES string of the molecule is Cc1cc(F)ccc1CNC(C)CCc1ccco1. The number of hydrogen-bond acceptors (Lipinski definition) is 2. The van der Waals surface area contributed by atoms with Crippen molar-refractivity contribution < 1.29 is 8.81 Å². The van der Waals surface area contributed by atoms with Crippen molar-refractivity contribution in [1.82, 2.24) is 5.32 Å². The number of furan rings is 1. The third-order valence-corrected chi connectivity index (χ3v) is 3.35. The maximum Gasteiger partial charge on any atom is 0.123 e. The van der Waals surface area contributed by atoms with Crippen LogP contribution in [0.5, 0.6) is 0 Å². The van der Waals surface area contributed by atoms with E-state index in [0.717, 1.165) is 36.3 Å². The van der Waals surface area contributed by atoms with Crippen LogP contribution in [0, 0.1) is 12.7 Å². The molecule has 0 aliphatic heterocycles. The largest absolute Gasteiger partial charge is 0.469 e. The first-order chi connectivity index (χ1) is 9.15. The van der Waals surface area contributed by atoms with E-state index >= 15 is 0 Å². The summed E-state index contributed by atoms with van der Waals surface area (Å²) >= 11 is 0. The first-order valence-corrected chi connectivity index (χ1v) is 6.66. The highest BCUT2D eigenvalue weighted by Crippen LogP contribution is 2.11. The molecule has 0 amide bonds. The molecule has 0 aliphatic rings. The average molecular weight is 261 g/mol. The van der Waals surface area contributed by atoms with Gasteiger partial charge in [0.2, 0.25) is 0 Å². The molecule has 2 aromatic rings. The highest BCUT2D eigenvalue weighted by atomic mass is 19.1. The maximum atomic E-state index is 13.0. The third-order valence-electron chi connectivity index (χ3n) is 3.35. The van der Waals surface area contributed by atoms with Crippen LogP contribution in [-0.4, -0.2) is 6.04 Å². The van der Waals surface area contributed by atoms with E-state index in [0.29, 0.717) is 6.04 Å². The van der Waals surface area contributed by atoms with Gasteiger partial charge in [0.05, 0.1) is 6.26 Å². The monoisotopic (exact) mass is 261 g/mol. The lowest BCUT2D eigenvalue weighted by Gasteiger charge is -2.14. The highest BCUT2D eigenvalue weighted by molar-refractivity contribution is 5.26. The van der Waals surface area contributed by atoms with Crippen LogP contribution in [0.2, 0.25) is 0 Å². The molecule has 0 fully saturated rings. The van der Waals surface area contributed by atoms with E-state index in [-0.39, 0.29) is 5.82 Å². The minimum atomic E-state index is -0.174. The van der Waals surface area contributed by atoms with Gasteiger partial charge in [-0.3, -0.25) is 0 Å². The summed E-state index contributed by atoms with van der Waals surface area (Å²) in [7, 11) is 0. The fourth-order valence-corrected chi connectivity index (χ4v) is 2.06. The Balaban J connectivity index is 1.78. The van der Waals surface area contributed by atoms with E-state index in [1.54, 1.807) is 12.3 Å². The first-order valence-electron chi connectivity index (χ1n) is 6.66. The number of aryl methyl sites for hydroxylation is 2. The van der Waals surface area contributed by atoms with Gasteiger partial charge >= 0.3 is 0 Å². The summed E-state index contributed by atoms with van der Waals surface area (Å²) in [6, 6.07) is 9.24. The summed E-state index contributed by atoms with van der Waals surface area (Å²) < 4.78 is 18.3. The fourth-order valence-electron chi connectivity index (χ4n) is 2.06. The smallest absolute Gasteiger partial charge is 0.123 e. The van der Waals surface area contributed by atoms with E-state index in [4.69, 9.17) is 4.42 Å². The van der Waals surface area contributed by atoms with Crippen molar-refractivity contribution in [2.45, 2.75) is 39.3 Å².